The normalized spacial score (nSPS) is 11.3. The molecule has 8 heteroatoms. The maximum Gasteiger partial charge on any atom is 0.345 e. The van der Waals surface area contributed by atoms with E-state index in [1.54, 1.807) is 12.1 Å². The Morgan fingerprint density at radius 2 is 2.00 bits per heavy atom. The molecule has 21 heavy (non-hydrogen) atoms. The van der Waals surface area contributed by atoms with Crippen LogP contribution in [0.1, 0.15) is 16.6 Å². The molecule has 0 radical (unpaired) electrons. The Hall–Kier alpha value is -1.51. The van der Waals surface area contributed by atoms with Crippen molar-refractivity contribution in [1.29, 1.82) is 0 Å². The lowest BCUT2D eigenvalue weighted by Gasteiger charge is -2.10. The number of nitrogens with one attached hydrogen (secondary N) is 1. The molecule has 0 aliphatic rings. The summed E-state index contributed by atoms with van der Waals surface area (Å²) in [5.41, 5.74) is 0.495. The van der Waals surface area contributed by atoms with Gasteiger partial charge in [0, 0.05) is 4.90 Å². The van der Waals surface area contributed by atoms with E-state index in [9.17, 15) is 13.2 Å². The Balaban J connectivity index is 2.30. The Morgan fingerprint density at radius 3 is 2.62 bits per heavy atom. The standard InChI is InChI=1S/C13H13NO4S3/c1-2-19-10-6-4-3-5-9(10)14-21(17,18)12-8-7-11(20-12)13(15)16/h3-8,14H,2H2,1H3,(H,15,16). The Kier molecular flexibility index (Phi) is 4.92. The molecular formula is C13H13NO4S3. The average Bonchev–Trinajstić information content (AvgIpc) is 2.92. The van der Waals surface area contributed by atoms with Crippen molar-refractivity contribution in [3.8, 4) is 0 Å². The summed E-state index contributed by atoms with van der Waals surface area (Å²) in [6.45, 7) is 1.98. The molecule has 1 heterocycles. The summed E-state index contributed by atoms with van der Waals surface area (Å²) in [4.78, 5) is 11.7. The molecule has 2 aromatic rings. The molecule has 0 aliphatic heterocycles. The fourth-order valence-corrected chi connectivity index (χ4v) is 4.66. The number of para-hydroxylation sites is 1. The zero-order chi connectivity index (χ0) is 15.5. The van der Waals surface area contributed by atoms with Gasteiger partial charge >= 0.3 is 5.97 Å². The predicted octanol–water partition coefficient (Wildman–Crippen LogP) is 3.36. The van der Waals surface area contributed by atoms with E-state index in [2.05, 4.69) is 4.72 Å². The number of anilines is 1. The second-order valence-electron chi connectivity index (χ2n) is 3.96. The van der Waals surface area contributed by atoms with Crippen molar-refractivity contribution in [2.45, 2.75) is 16.0 Å². The molecule has 1 aromatic heterocycles. The number of thiophene rings is 1. The van der Waals surface area contributed by atoms with Crippen LogP contribution in [-0.4, -0.2) is 25.2 Å². The summed E-state index contributed by atoms with van der Waals surface area (Å²) in [5.74, 6) is -0.315. The number of sulfonamides is 1. The third-order valence-corrected chi connectivity index (χ3v) is 6.37. The minimum atomic E-state index is -3.77. The second kappa shape index (κ2) is 6.50. The minimum Gasteiger partial charge on any atom is -0.477 e. The zero-order valence-electron chi connectivity index (χ0n) is 11.1. The van der Waals surface area contributed by atoms with Gasteiger partial charge in [0.15, 0.2) is 0 Å². The molecular weight excluding hydrogens is 330 g/mol. The molecule has 0 spiro atoms. The molecule has 0 aliphatic carbocycles. The summed E-state index contributed by atoms with van der Waals surface area (Å²) < 4.78 is 27.1. The SMILES string of the molecule is CCSc1ccccc1NS(=O)(=O)c1ccc(C(=O)O)s1. The first-order chi connectivity index (χ1) is 9.94. The van der Waals surface area contributed by atoms with Crippen molar-refractivity contribution >= 4 is 44.8 Å². The van der Waals surface area contributed by atoms with Crippen molar-refractivity contribution in [2.24, 2.45) is 0 Å². The number of rotatable bonds is 6. The van der Waals surface area contributed by atoms with Crippen LogP contribution < -0.4 is 4.72 Å². The van der Waals surface area contributed by atoms with Gasteiger partial charge in [-0.3, -0.25) is 4.72 Å². The van der Waals surface area contributed by atoms with E-state index in [4.69, 9.17) is 5.11 Å². The van der Waals surface area contributed by atoms with Crippen LogP contribution >= 0.6 is 23.1 Å². The minimum absolute atomic E-state index is 0.00778. The Bertz CT molecular complexity index is 752. The molecule has 0 amide bonds. The van der Waals surface area contributed by atoms with Crippen LogP contribution in [-0.2, 0) is 10.0 Å². The summed E-state index contributed by atoms with van der Waals surface area (Å²) in [6.07, 6.45) is 0. The molecule has 0 bridgehead atoms. The summed E-state index contributed by atoms with van der Waals surface area (Å²) >= 11 is 2.26. The number of carbonyl (C=O) groups is 1. The van der Waals surface area contributed by atoms with E-state index in [0.717, 1.165) is 22.0 Å². The van der Waals surface area contributed by atoms with Crippen LogP contribution in [0.25, 0.3) is 0 Å². The number of hydrogen-bond donors (Lipinski definition) is 2. The number of carboxylic acid groups (broad SMARTS) is 1. The number of aromatic carboxylic acids is 1. The lowest BCUT2D eigenvalue weighted by atomic mass is 10.3. The van der Waals surface area contributed by atoms with Crippen LogP contribution in [0, 0.1) is 0 Å². The maximum atomic E-state index is 12.3. The van der Waals surface area contributed by atoms with Crippen LogP contribution in [0.2, 0.25) is 0 Å². The number of benzene rings is 1. The fourth-order valence-electron chi connectivity index (χ4n) is 1.61. The van der Waals surface area contributed by atoms with Gasteiger partial charge in [-0.1, -0.05) is 19.1 Å². The second-order valence-corrected chi connectivity index (χ2v) is 8.26. The summed E-state index contributed by atoms with van der Waals surface area (Å²) in [7, 11) is -3.77. The van der Waals surface area contributed by atoms with E-state index in [-0.39, 0.29) is 9.09 Å². The van der Waals surface area contributed by atoms with Crippen molar-refractivity contribution in [2.75, 3.05) is 10.5 Å². The molecule has 1 aromatic carbocycles. The zero-order valence-corrected chi connectivity index (χ0v) is 13.5. The largest absolute Gasteiger partial charge is 0.477 e. The van der Waals surface area contributed by atoms with Crippen molar-refractivity contribution in [1.82, 2.24) is 0 Å². The van der Waals surface area contributed by atoms with Gasteiger partial charge in [0.2, 0.25) is 0 Å². The van der Waals surface area contributed by atoms with E-state index in [1.807, 2.05) is 19.1 Å². The number of hydrogen-bond acceptors (Lipinski definition) is 5. The van der Waals surface area contributed by atoms with Crippen LogP contribution in [0.3, 0.4) is 0 Å². The highest BCUT2D eigenvalue weighted by atomic mass is 32.2. The monoisotopic (exact) mass is 343 g/mol. The maximum absolute atomic E-state index is 12.3. The van der Waals surface area contributed by atoms with Crippen LogP contribution in [0.5, 0.6) is 0 Å². The Morgan fingerprint density at radius 1 is 1.29 bits per heavy atom. The van der Waals surface area contributed by atoms with Crippen molar-refractivity contribution in [3.05, 3.63) is 41.3 Å². The van der Waals surface area contributed by atoms with Gasteiger partial charge < -0.3 is 5.11 Å². The van der Waals surface area contributed by atoms with E-state index in [1.165, 1.54) is 23.9 Å². The van der Waals surface area contributed by atoms with Gasteiger partial charge in [-0.05, 0) is 30.0 Å². The first-order valence-electron chi connectivity index (χ1n) is 6.02. The van der Waals surface area contributed by atoms with Gasteiger partial charge in [-0.15, -0.1) is 23.1 Å². The van der Waals surface area contributed by atoms with Gasteiger partial charge in [0.1, 0.15) is 9.09 Å². The molecule has 0 fully saturated rings. The highest BCUT2D eigenvalue weighted by Crippen LogP contribution is 2.30. The molecule has 112 valence electrons. The number of thioether (sulfide) groups is 1. The van der Waals surface area contributed by atoms with E-state index < -0.39 is 16.0 Å². The molecule has 5 nitrogen and oxygen atoms in total. The van der Waals surface area contributed by atoms with Crippen molar-refractivity contribution < 1.29 is 18.3 Å². The first kappa shape index (κ1) is 15.9. The van der Waals surface area contributed by atoms with E-state index in [0.29, 0.717) is 5.69 Å². The van der Waals surface area contributed by atoms with Gasteiger partial charge in [-0.25, -0.2) is 13.2 Å². The molecule has 2 rings (SSSR count). The molecule has 0 unspecified atom stereocenters. The van der Waals surface area contributed by atoms with E-state index >= 15 is 0 Å². The van der Waals surface area contributed by atoms with Gasteiger partial charge in [0.05, 0.1) is 5.69 Å². The molecule has 0 saturated heterocycles. The third kappa shape index (κ3) is 3.78. The highest BCUT2D eigenvalue weighted by Gasteiger charge is 2.20. The predicted molar refractivity (Wildman–Crippen MR) is 84.9 cm³/mol. The average molecular weight is 343 g/mol. The van der Waals surface area contributed by atoms with Gasteiger partial charge in [-0.2, -0.15) is 0 Å². The number of carboxylic acids is 1. The van der Waals surface area contributed by atoms with Crippen LogP contribution in [0.4, 0.5) is 5.69 Å². The third-order valence-electron chi connectivity index (χ3n) is 2.49. The molecule has 0 atom stereocenters. The summed E-state index contributed by atoms with van der Waals surface area (Å²) in [5, 5.41) is 8.86. The lowest BCUT2D eigenvalue weighted by Crippen LogP contribution is -2.12. The smallest absolute Gasteiger partial charge is 0.345 e. The molecule has 2 N–H and O–H groups in total. The quantitative estimate of drug-likeness (QED) is 0.786. The summed E-state index contributed by atoms with van der Waals surface area (Å²) in [6, 6.07) is 9.68. The molecule has 0 saturated carbocycles. The topological polar surface area (TPSA) is 83.5 Å². The fraction of sp³-hybridized carbons (Fsp3) is 0.154. The van der Waals surface area contributed by atoms with Gasteiger partial charge in [0.25, 0.3) is 10.0 Å². The first-order valence-corrected chi connectivity index (χ1v) is 9.30. The van der Waals surface area contributed by atoms with Crippen LogP contribution in [0.15, 0.2) is 45.5 Å². The lowest BCUT2D eigenvalue weighted by molar-refractivity contribution is 0.0702. The Labute approximate surface area is 131 Å². The highest BCUT2D eigenvalue weighted by molar-refractivity contribution is 7.99. The van der Waals surface area contributed by atoms with Crippen molar-refractivity contribution in [3.63, 3.8) is 0 Å².